The molecule has 0 amide bonds. The van der Waals surface area contributed by atoms with E-state index in [4.69, 9.17) is 0 Å². The first-order chi connectivity index (χ1) is 6.08. The van der Waals surface area contributed by atoms with E-state index in [0.29, 0.717) is 0 Å². The number of methoxy groups -OCH3 is 1. The number of rotatable bonds is 5. The Morgan fingerprint density at radius 1 is 1.15 bits per heavy atom. The molecule has 0 aliphatic heterocycles. The van der Waals surface area contributed by atoms with Crippen molar-refractivity contribution in [3.05, 3.63) is 25.3 Å². The summed E-state index contributed by atoms with van der Waals surface area (Å²) in [4.78, 5) is 33.0. The molecule has 0 aliphatic carbocycles. The van der Waals surface area contributed by atoms with Crippen LogP contribution in [0.25, 0.3) is 0 Å². The minimum Gasteiger partial charge on any atom is -0.468 e. The van der Waals surface area contributed by atoms with Crippen molar-refractivity contribution in [2.45, 2.75) is 0 Å². The number of carbonyl (C=O) groups excluding carboxylic acids is 3. The van der Waals surface area contributed by atoms with E-state index in [0.717, 1.165) is 19.3 Å². The Hall–Kier alpha value is -1.71. The molecule has 0 bridgehead atoms. The van der Waals surface area contributed by atoms with Crippen LogP contribution < -0.4 is 0 Å². The fourth-order valence-corrected chi connectivity index (χ4v) is 0.726. The zero-order valence-electron chi connectivity index (χ0n) is 7.28. The van der Waals surface area contributed by atoms with Gasteiger partial charge in [-0.1, -0.05) is 13.2 Å². The molecule has 0 heterocycles. The van der Waals surface area contributed by atoms with Crippen molar-refractivity contribution in [3.63, 3.8) is 0 Å². The lowest BCUT2D eigenvalue weighted by molar-refractivity contribution is -0.150. The van der Waals surface area contributed by atoms with E-state index >= 15 is 0 Å². The molecule has 0 N–H and O–H groups in total. The predicted octanol–water partition coefficient (Wildman–Crippen LogP) is 0.286. The Morgan fingerprint density at radius 3 is 1.77 bits per heavy atom. The third kappa shape index (κ3) is 2.66. The quantitative estimate of drug-likeness (QED) is 0.348. The van der Waals surface area contributed by atoms with Gasteiger partial charge in [-0.15, -0.1) is 0 Å². The summed E-state index contributed by atoms with van der Waals surface area (Å²) in [7, 11) is 1.10. The fraction of sp³-hybridized carbons (Fsp3) is 0.222. The first-order valence-electron chi connectivity index (χ1n) is 3.48. The zero-order chi connectivity index (χ0) is 10.4. The molecule has 0 spiro atoms. The number of hydrogen-bond donors (Lipinski definition) is 0. The monoisotopic (exact) mass is 182 g/mol. The second-order valence-electron chi connectivity index (χ2n) is 2.17. The van der Waals surface area contributed by atoms with Gasteiger partial charge in [-0.25, -0.2) is 0 Å². The van der Waals surface area contributed by atoms with Crippen LogP contribution in [0.3, 0.4) is 0 Å². The van der Waals surface area contributed by atoms with Gasteiger partial charge in [0.05, 0.1) is 7.11 Å². The number of hydrogen-bond acceptors (Lipinski definition) is 4. The molecule has 0 rings (SSSR count). The van der Waals surface area contributed by atoms with Gasteiger partial charge in [-0.2, -0.15) is 0 Å². The number of esters is 1. The van der Waals surface area contributed by atoms with E-state index in [1.54, 1.807) is 0 Å². The van der Waals surface area contributed by atoms with Crippen molar-refractivity contribution in [1.82, 2.24) is 0 Å². The van der Waals surface area contributed by atoms with Crippen LogP contribution in [0, 0.1) is 5.92 Å². The van der Waals surface area contributed by atoms with Gasteiger partial charge in [0.1, 0.15) is 0 Å². The third-order valence-corrected chi connectivity index (χ3v) is 1.41. The van der Waals surface area contributed by atoms with Crippen molar-refractivity contribution < 1.29 is 19.1 Å². The largest absolute Gasteiger partial charge is 0.468 e. The highest BCUT2D eigenvalue weighted by Crippen LogP contribution is 2.04. The second kappa shape index (κ2) is 5.03. The average molecular weight is 182 g/mol. The van der Waals surface area contributed by atoms with Crippen LogP contribution in [0.1, 0.15) is 0 Å². The average Bonchev–Trinajstić information content (AvgIpc) is 2.16. The zero-order valence-corrected chi connectivity index (χ0v) is 7.28. The highest BCUT2D eigenvalue weighted by molar-refractivity contribution is 6.23. The van der Waals surface area contributed by atoms with Gasteiger partial charge in [0.25, 0.3) is 0 Å². The maximum Gasteiger partial charge on any atom is 0.324 e. The standard InChI is InChI=1S/C9H10O4/c1-4-6(10)8(7(11)5-2)9(12)13-3/h4-5,8H,1-2H2,3H3. The first-order valence-corrected chi connectivity index (χ1v) is 3.48. The molecule has 0 unspecified atom stereocenters. The molecule has 0 saturated carbocycles. The Balaban J connectivity index is 4.84. The Morgan fingerprint density at radius 2 is 1.54 bits per heavy atom. The SMILES string of the molecule is C=CC(=O)C(C(=O)C=C)C(=O)OC. The van der Waals surface area contributed by atoms with Crippen LogP contribution in [0.2, 0.25) is 0 Å². The molecule has 4 heteroatoms. The number of ether oxygens (including phenoxy) is 1. The van der Waals surface area contributed by atoms with E-state index < -0.39 is 23.5 Å². The molecule has 0 radical (unpaired) electrons. The minimum absolute atomic E-state index is 0.684. The highest BCUT2D eigenvalue weighted by atomic mass is 16.5. The lowest BCUT2D eigenvalue weighted by Crippen LogP contribution is -2.30. The summed E-state index contributed by atoms with van der Waals surface area (Å²) in [5.74, 6) is -3.71. The van der Waals surface area contributed by atoms with Gasteiger partial charge < -0.3 is 4.74 Å². The molecular weight excluding hydrogens is 172 g/mol. The molecule has 0 saturated heterocycles. The maximum absolute atomic E-state index is 11.0. The van der Waals surface area contributed by atoms with Crippen LogP contribution >= 0.6 is 0 Å². The minimum atomic E-state index is -1.44. The smallest absolute Gasteiger partial charge is 0.324 e. The highest BCUT2D eigenvalue weighted by Gasteiger charge is 2.30. The van der Waals surface area contributed by atoms with Crippen LogP contribution in [-0.4, -0.2) is 24.6 Å². The first kappa shape index (κ1) is 11.3. The van der Waals surface area contributed by atoms with E-state index in [-0.39, 0.29) is 0 Å². The van der Waals surface area contributed by atoms with Gasteiger partial charge >= 0.3 is 5.97 Å². The van der Waals surface area contributed by atoms with E-state index in [2.05, 4.69) is 17.9 Å². The Bertz CT molecular complexity index is 245. The van der Waals surface area contributed by atoms with Crippen molar-refractivity contribution in [1.29, 1.82) is 0 Å². The van der Waals surface area contributed by atoms with Crippen molar-refractivity contribution in [2.24, 2.45) is 5.92 Å². The van der Waals surface area contributed by atoms with Gasteiger partial charge in [-0.05, 0) is 12.2 Å². The molecule has 0 aromatic carbocycles. The summed E-state index contributed by atoms with van der Waals surface area (Å²) >= 11 is 0. The molecule has 70 valence electrons. The molecule has 13 heavy (non-hydrogen) atoms. The van der Waals surface area contributed by atoms with Gasteiger partial charge in [0.2, 0.25) is 0 Å². The second-order valence-corrected chi connectivity index (χ2v) is 2.17. The van der Waals surface area contributed by atoms with Crippen molar-refractivity contribution in [3.8, 4) is 0 Å². The molecule has 0 aromatic heterocycles. The summed E-state index contributed by atoms with van der Waals surface area (Å²) in [5, 5.41) is 0. The lowest BCUT2D eigenvalue weighted by atomic mass is 9.99. The summed E-state index contributed by atoms with van der Waals surface area (Å²) < 4.78 is 4.28. The molecule has 0 atom stereocenters. The molecular formula is C9H10O4. The summed E-state index contributed by atoms with van der Waals surface area (Å²) in [6.45, 7) is 6.34. The topological polar surface area (TPSA) is 60.4 Å². The number of carbonyl (C=O) groups is 3. The number of ketones is 2. The van der Waals surface area contributed by atoms with E-state index in [9.17, 15) is 14.4 Å². The molecule has 0 aromatic rings. The van der Waals surface area contributed by atoms with Crippen molar-refractivity contribution >= 4 is 17.5 Å². The molecule has 0 aliphatic rings. The summed E-state index contributed by atoms with van der Waals surface area (Å²) in [6, 6.07) is 0. The van der Waals surface area contributed by atoms with Crippen LogP contribution in [0.4, 0.5) is 0 Å². The number of allylic oxidation sites excluding steroid dienone is 2. The van der Waals surface area contributed by atoms with Gasteiger partial charge in [-0.3, -0.25) is 14.4 Å². The third-order valence-electron chi connectivity index (χ3n) is 1.41. The fourth-order valence-electron chi connectivity index (χ4n) is 0.726. The molecule has 0 fully saturated rings. The van der Waals surface area contributed by atoms with Gasteiger partial charge in [0.15, 0.2) is 17.5 Å². The lowest BCUT2D eigenvalue weighted by Gasteiger charge is -2.06. The van der Waals surface area contributed by atoms with Gasteiger partial charge in [0, 0.05) is 0 Å². The predicted molar refractivity (Wildman–Crippen MR) is 45.9 cm³/mol. The van der Waals surface area contributed by atoms with Crippen LogP contribution in [0.15, 0.2) is 25.3 Å². The summed E-state index contributed by atoms with van der Waals surface area (Å²) in [5.41, 5.74) is 0. The Labute approximate surface area is 75.9 Å². The van der Waals surface area contributed by atoms with E-state index in [1.807, 2.05) is 0 Å². The van der Waals surface area contributed by atoms with E-state index in [1.165, 1.54) is 0 Å². The van der Waals surface area contributed by atoms with Crippen molar-refractivity contribution in [2.75, 3.05) is 7.11 Å². The molecule has 4 nitrogen and oxygen atoms in total. The maximum atomic E-state index is 11.0. The normalized spacial score (nSPS) is 9.08. The Kier molecular flexibility index (Phi) is 4.37. The summed E-state index contributed by atoms with van der Waals surface area (Å²) in [6.07, 6.45) is 1.81. The van der Waals surface area contributed by atoms with Crippen LogP contribution in [-0.2, 0) is 19.1 Å². The van der Waals surface area contributed by atoms with Crippen LogP contribution in [0.5, 0.6) is 0 Å².